The minimum atomic E-state index is -4.42. The van der Waals surface area contributed by atoms with Crippen LogP contribution in [0.2, 0.25) is 0 Å². The molecule has 1 amide bonds. The number of alkyl halides is 3. The summed E-state index contributed by atoms with van der Waals surface area (Å²) in [4.78, 5) is 49.2. The number of hydrogen-bond donors (Lipinski definition) is 4. The van der Waals surface area contributed by atoms with Gasteiger partial charge in [-0.3, -0.25) is 19.3 Å². The Morgan fingerprint density at radius 3 is 1.95 bits per heavy atom. The fourth-order valence-electron chi connectivity index (χ4n) is 7.05. The van der Waals surface area contributed by atoms with Crippen LogP contribution in [0.3, 0.4) is 0 Å². The number of nitrogens with zero attached hydrogens (tertiary/aromatic N) is 1. The van der Waals surface area contributed by atoms with Crippen LogP contribution < -0.4 is 14.8 Å². The van der Waals surface area contributed by atoms with Gasteiger partial charge in [-0.05, 0) is 115 Å². The molecule has 332 valence electrons. The van der Waals surface area contributed by atoms with Crippen LogP contribution in [-0.2, 0) is 35.3 Å². The quantitative estimate of drug-likeness (QED) is 0.0746. The summed E-state index contributed by atoms with van der Waals surface area (Å²) in [5.41, 5.74) is 3.41. The second-order valence-corrected chi connectivity index (χ2v) is 16.2. The molecule has 63 heavy (non-hydrogen) atoms. The van der Waals surface area contributed by atoms with Crippen molar-refractivity contribution in [1.29, 1.82) is 0 Å². The molecule has 0 aromatic heterocycles. The molecule has 1 saturated heterocycles. The first-order chi connectivity index (χ1) is 30.0. The minimum absolute atomic E-state index is 0.134. The van der Waals surface area contributed by atoms with Gasteiger partial charge in [-0.15, -0.1) is 0 Å². The molecule has 5 aromatic rings. The summed E-state index contributed by atoms with van der Waals surface area (Å²) < 4.78 is 75.0. The van der Waals surface area contributed by atoms with E-state index in [2.05, 4.69) is 10.2 Å². The van der Waals surface area contributed by atoms with Crippen molar-refractivity contribution in [3.8, 4) is 16.9 Å². The number of methoxy groups -OCH3 is 2. The predicted octanol–water partition coefficient (Wildman–Crippen LogP) is 8.01. The van der Waals surface area contributed by atoms with Crippen molar-refractivity contribution >= 4 is 39.5 Å². The number of anilines is 1. The molecule has 1 fully saturated rings. The number of carbonyl (C=O) groups excluding carboxylic acids is 2. The number of piperidine rings is 1. The average Bonchev–Trinajstić information content (AvgIpc) is 3.28. The monoisotopic (exact) mass is 889 g/mol. The second-order valence-electron chi connectivity index (χ2n) is 14.5. The van der Waals surface area contributed by atoms with Gasteiger partial charge in [0.15, 0.2) is 0 Å². The highest BCUT2D eigenvalue weighted by molar-refractivity contribution is 7.89. The first kappa shape index (κ1) is 47.5. The third kappa shape index (κ3) is 13.0. The zero-order chi connectivity index (χ0) is 45.7. The number of halogens is 3. The predicted molar refractivity (Wildman–Crippen MR) is 228 cm³/mol. The summed E-state index contributed by atoms with van der Waals surface area (Å²) in [6, 6.07) is 32.5. The first-order valence-electron chi connectivity index (χ1n) is 19.7. The number of likely N-dealkylation sites (tertiary alicyclic amines) is 1. The molecule has 0 unspecified atom stereocenters. The smallest absolute Gasteiger partial charge is 0.416 e. The van der Waals surface area contributed by atoms with Crippen LogP contribution >= 0.6 is 0 Å². The first-order valence-corrected chi connectivity index (χ1v) is 21.1. The van der Waals surface area contributed by atoms with E-state index in [4.69, 9.17) is 19.7 Å². The standard InChI is InChI=1S/C34H31F3N2O3.C12H15NO7S/c1-42-33(41)31(26-7-3-2-4-8-26)39-21-19-24(20-22-39)23-13-17-28(18-14-23)38-32(40)30-10-6-5-9-29(30)25-11-15-27(16-12-25)34(35,36)37;1-20-8-2-4-9(5-3-8)21(18,19)13-10(12(16)17)6-7-11(14)15/h2-18,24,31H,19-22H2,1H3,(H,38,40);2-5,10,13H,6-7H2,1H3,(H,14,15)(H,16,17)/t31-;10-/m10/s1. The van der Waals surface area contributed by atoms with Crippen LogP contribution in [0.25, 0.3) is 11.1 Å². The van der Waals surface area contributed by atoms with Gasteiger partial charge in [0, 0.05) is 17.7 Å². The van der Waals surface area contributed by atoms with Crippen LogP contribution in [0.5, 0.6) is 5.75 Å². The number of aliphatic carboxylic acids is 2. The van der Waals surface area contributed by atoms with E-state index in [-0.39, 0.29) is 23.2 Å². The molecule has 5 aromatic carbocycles. The zero-order valence-corrected chi connectivity index (χ0v) is 35.1. The molecule has 0 aliphatic carbocycles. The van der Waals surface area contributed by atoms with Gasteiger partial charge in [-0.25, -0.2) is 13.2 Å². The molecule has 6 rings (SSSR count). The lowest BCUT2D eigenvalue weighted by atomic mass is 9.88. The lowest BCUT2D eigenvalue weighted by Crippen LogP contribution is -2.41. The zero-order valence-electron chi connectivity index (χ0n) is 34.2. The third-order valence-corrected chi connectivity index (χ3v) is 11.9. The molecular weight excluding hydrogens is 844 g/mol. The van der Waals surface area contributed by atoms with E-state index in [9.17, 15) is 40.8 Å². The van der Waals surface area contributed by atoms with Gasteiger partial charge in [0.1, 0.15) is 17.8 Å². The van der Waals surface area contributed by atoms with Crippen molar-refractivity contribution < 1.29 is 60.5 Å². The number of sulfonamides is 1. The summed E-state index contributed by atoms with van der Waals surface area (Å²) in [5.74, 6) is -2.48. The molecule has 0 spiro atoms. The van der Waals surface area contributed by atoms with E-state index in [0.29, 0.717) is 34.0 Å². The van der Waals surface area contributed by atoms with E-state index in [0.717, 1.165) is 49.2 Å². The number of carboxylic acids is 2. The van der Waals surface area contributed by atoms with Gasteiger partial charge >= 0.3 is 24.1 Å². The number of rotatable bonds is 15. The molecular formula is C46H46F3N3O10S. The molecule has 0 bridgehead atoms. The Kier molecular flexibility index (Phi) is 16.2. The number of nitrogens with one attached hydrogen (secondary N) is 2. The van der Waals surface area contributed by atoms with Crippen molar-refractivity contribution in [1.82, 2.24) is 9.62 Å². The van der Waals surface area contributed by atoms with Crippen LogP contribution in [0.4, 0.5) is 18.9 Å². The third-order valence-electron chi connectivity index (χ3n) is 10.4. The van der Waals surface area contributed by atoms with Gasteiger partial charge in [0.2, 0.25) is 10.0 Å². The topological polar surface area (TPSA) is 189 Å². The molecule has 0 radical (unpaired) electrons. The van der Waals surface area contributed by atoms with Gasteiger partial charge in [0.05, 0.1) is 24.7 Å². The Morgan fingerprint density at radius 2 is 1.40 bits per heavy atom. The largest absolute Gasteiger partial charge is 0.497 e. The summed E-state index contributed by atoms with van der Waals surface area (Å²) in [6.07, 6.45) is -3.46. The lowest BCUT2D eigenvalue weighted by Gasteiger charge is -2.36. The number of carboxylic acid groups (broad SMARTS) is 2. The van der Waals surface area contributed by atoms with Gasteiger partial charge in [-0.2, -0.15) is 17.9 Å². The van der Waals surface area contributed by atoms with E-state index in [1.54, 1.807) is 24.3 Å². The van der Waals surface area contributed by atoms with Crippen molar-refractivity contribution in [2.24, 2.45) is 0 Å². The Bertz CT molecular complexity index is 2440. The summed E-state index contributed by atoms with van der Waals surface area (Å²) in [5, 5.41) is 20.4. The number of carbonyl (C=O) groups is 4. The van der Waals surface area contributed by atoms with Gasteiger partial charge in [-0.1, -0.05) is 72.8 Å². The molecule has 1 heterocycles. The molecule has 17 heteroatoms. The van der Waals surface area contributed by atoms with E-state index < -0.39 is 52.2 Å². The molecule has 0 saturated carbocycles. The minimum Gasteiger partial charge on any atom is -0.497 e. The molecule has 2 atom stereocenters. The highest BCUT2D eigenvalue weighted by atomic mass is 32.2. The average molecular weight is 890 g/mol. The van der Waals surface area contributed by atoms with Crippen molar-refractivity contribution in [2.75, 3.05) is 32.6 Å². The normalized spacial score (nSPS) is 14.3. The summed E-state index contributed by atoms with van der Waals surface area (Å²) >= 11 is 0. The van der Waals surface area contributed by atoms with E-state index >= 15 is 0 Å². The van der Waals surface area contributed by atoms with Crippen molar-refractivity contribution in [3.05, 3.63) is 150 Å². The molecule has 4 N–H and O–H groups in total. The second kappa shape index (κ2) is 21.5. The summed E-state index contributed by atoms with van der Waals surface area (Å²) in [7, 11) is -1.22. The van der Waals surface area contributed by atoms with Gasteiger partial charge < -0.3 is 25.0 Å². The van der Waals surface area contributed by atoms with E-state index in [1.165, 1.54) is 50.6 Å². The molecule has 1 aliphatic heterocycles. The van der Waals surface area contributed by atoms with Crippen molar-refractivity contribution in [3.63, 3.8) is 0 Å². The lowest BCUT2D eigenvalue weighted by molar-refractivity contribution is -0.148. The molecule has 1 aliphatic rings. The Morgan fingerprint density at radius 1 is 0.794 bits per heavy atom. The highest BCUT2D eigenvalue weighted by Crippen LogP contribution is 2.35. The Hall–Kier alpha value is -6.56. The maximum atomic E-state index is 13.2. The molecule has 13 nitrogen and oxygen atoms in total. The fourth-order valence-corrected chi connectivity index (χ4v) is 8.28. The maximum Gasteiger partial charge on any atom is 0.416 e. The van der Waals surface area contributed by atoms with Crippen LogP contribution in [-0.4, -0.2) is 80.7 Å². The highest BCUT2D eigenvalue weighted by Gasteiger charge is 2.33. The number of esters is 1. The SMILES string of the molecule is COC(=O)[C@@H](c1ccccc1)N1CCC(c2ccc(NC(=O)c3ccccc3-c3ccc(C(F)(F)F)cc3)cc2)CC1.COc1ccc(S(=O)(=O)N[C@@H](CCC(=O)O)C(=O)O)cc1. The Balaban J connectivity index is 0.000000300. The van der Waals surface area contributed by atoms with Crippen LogP contribution in [0.15, 0.2) is 132 Å². The van der Waals surface area contributed by atoms with Crippen LogP contribution in [0.1, 0.15) is 64.7 Å². The summed E-state index contributed by atoms with van der Waals surface area (Å²) in [6.45, 7) is 1.50. The fraction of sp³-hybridized carbons (Fsp3) is 0.261. The maximum absolute atomic E-state index is 13.2. The number of benzene rings is 5. The van der Waals surface area contributed by atoms with Crippen molar-refractivity contribution in [2.45, 2.75) is 54.8 Å². The van der Waals surface area contributed by atoms with Gasteiger partial charge in [0.25, 0.3) is 5.91 Å². The van der Waals surface area contributed by atoms with Crippen LogP contribution in [0, 0.1) is 0 Å². The Labute approximate surface area is 362 Å². The van der Waals surface area contributed by atoms with E-state index in [1.807, 2.05) is 59.3 Å². The number of hydrogen-bond acceptors (Lipinski definition) is 9. The number of amides is 1. The number of ether oxygens (including phenoxy) is 2.